The summed E-state index contributed by atoms with van der Waals surface area (Å²) in [7, 11) is 0. The second-order valence-electron chi connectivity index (χ2n) is 2.91. The van der Waals surface area contributed by atoms with Gasteiger partial charge in [0.1, 0.15) is 23.4 Å². The maximum atomic E-state index is 8.59. The predicted octanol–water partition coefficient (Wildman–Crippen LogP) is 1.76. The Balaban J connectivity index is 2.52. The maximum absolute atomic E-state index is 8.59. The molecule has 4 nitrogen and oxygen atoms in total. The van der Waals surface area contributed by atoms with Gasteiger partial charge >= 0.3 is 0 Å². The highest BCUT2D eigenvalue weighted by Crippen LogP contribution is 2.07. The van der Waals surface area contributed by atoms with E-state index < -0.39 is 0 Å². The quantitative estimate of drug-likeness (QED) is 0.650. The molecule has 0 aliphatic rings. The Kier molecular flexibility index (Phi) is 2.19. The van der Waals surface area contributed by atoms with Crippen LogP contribution in [0.15, 0.2) is 36.2 Å². The van der Waals surface area contributed by atoms with E-state index in [1.165, 1.54) is 6.08 Å². The molecule has 0 N–H and O–H groups in total. The van der Waals surface area contributed by atoms with Crippen molar-refractivity contribution in [2.45, 2.75) is 0 Å². The molecule has 0 aliphatic heterocycles. The lowest BCUT2D eigenvalue weighted by Crippen LogP contribution is -1.77. The molecule has 15 heavy (non-hydrogen) atoms. The second-order valence-corrected chi connectivity index (χ2v) is 2.91. The Morgan fingerprint density at radius 3 is 2.80 bits per heavy atom. The normalized spacial score (nSPS) is 9.20. The van der Waals surface area contributed by atoms with Gasteiger partial charge < -0.3 is 4.40 Å². The van der Waals surface area contributed by atoms with E-state index >= 15 is 0 Å². The number of allylic oxidation sites excluding steroid dienone is 1. The molecular weight excluding hydrogens is 188 g/mol. The van der Waals surface area contributed by atoms with Crippen molar-refractivity contribution in [3.05, 3.63) is 41.9 Å². The van der Waals surface area contributed by atoms with E-state index in [9.17, 15) is 0 Å². The number of nitrogens with zero attached hydrogens (tertiary/aromatic N) is 4. The average molecular weight is 194 g/mol. The molecule has 0 saturated heterocycles. The van der Waals surface area contributed by atoms with Gasteiger partial charge in [-0.25, -0.2) is 4.98 Å². The molecule has 0 saturated carbocycles. The van der Waals surface area contributed by atoms with Gasteiger partial charge in [0.2, 0.25) is 0 Å². The van der Waals surface area contributed by atoms with Crippen LogP contribution in [-0.2, 0) is 0 Å². The number of hydrogen-bond acceptors (Lipinski definition) is 3. The van der Waals surface area contributed by atoms with Crippen molar-refractivity contribution >= 4 is 11.7 Å². The Labute approximate surface area is 86.3 Å². The van der Waals surface area contributed by atoms with E-state index in [0.29, 0.717) is 5.69 Å². The number of pyridine rings is 1. The van der Waals surface area contributed by atoms with Crippen molar-refractivity contribution in [2.75, 3.05) is 0 Å². The summed E-state index contributed by atoms with van der Waals surface area (Å²) in [6.07, 6.45) is 5.09. The lowest BCUT2D eigenvalue weighted by molar-refractivity contribution is 1.19. The molecule has 2 aromatic heterocycles. The summed E-state index contributed by atoms with van der Waals surface area (Å²) in [5, 5.41) is 17.2. The van der Waals surface area contributed by atoms with E-state index in [1.54, 1.807) is 18.3 Å². The van der Waals surface area contributed by atoms with Crippen LogP contribution in [0.3, 0.4) is 0 Å². The standard InChI is InChI=1S/C11H6N4/c12-6-9(7-13)5-10-8-15-4-2-1-3-11(15)14-10/h1-5,8H. The molecular formula is C11H6N4. The summed E-state index contributed by atoms with van der Waals surface area (Å²) in [4.78, 5) is 4.23. The molecule has 2 heterocycles. The summed E-state index contributed by atoms with van der Waals surface area (Å²) in [6.45, 7) is 0. The van der Waals surface area contributed by atoms with Gasteiger partial charge in [-0.1, -0.05) is 6.07 Å². The molecule has 0 aromatic carbocycles. The van der Waals surface area contributed by atoms with Gasteiger partial charge in [0, 0.05) is 12.4 Å². The molecule has 4 heteroatoms. The lowest BCUT2D eigenvalue weighted by atomic mass is 10.3. The third-order valence-electron chi connectivity index (χ3n) is 1.92. The minimum absolute atomic E-state index is 0.0541. The molecule has 2 rings (SSSR count). The Morgan fingerprint density at radius 2 is 2.13 bits per heavy atom. The zero-order chi connectivity index (χ0) is 10.7. The number of nitriles is 2. The number of imidazole rings is 1. The van der Waals surface area contributed by atoms with E-state index in [1.807, 2.05) is 28.8 Å². The highest BCUT2D eigenvalue weighted by molar-refractivity contribution is 5.61. The largest absolute Gasteiger partial charge is 0.306 e. The van der Waals surface area contributed by atoms with E-state index in [0.717, 1.165) is 5.65 Å². The summed E-state index contributed by atoms with van der Waals surface area (Å²) >= 11 is 0. The van der Waals surface area contributed by atoms with Gasteiger partial charge in [0.15, 0.2) is 0 Å². The van der Waals surface area contributed by atoms with Crippen LogP contribution in [0.25, 0.3) is 11.7 Å². The second kappa shape index (κ2) is 3.65. The minimum Gasteiger partial charge on any atom is -0.306 e. The van der Waals surface area contributed by atoms with Gasteiger partial charge in [-0.05, 0) is 18.2 Å². The molecule has 2 aromatic rings. The van der Waals surface area contributed by atoms with Crippen LogP contribution in [0.5, 0.6) is 0 Å². The monoisotopic (exact) mass is 194 g/mol. The van der Waals surface area contributed by atoms with Crippen LogP contribution in [0.1, 0.15) is 5.69 Å². The van der Waals surface area contributed by atoms with Crippen molar-refractivity contribution < 1.29 is 0 Å². The molecule has 0 unspecified atom stereocenters. The molecule has 0 bridgehead atoms. The van der Waals surface area contributed by atoms with E-state index in [2.05, 4.69) is 4.98 Å². The number of fused-ring (bicyclic) bond motifs is 1. The number of hydrogen-bond donors (Lipinski definition) is 0. The predicted molar refractivity (Wildman–Crippen MR) is 54.4 cm³/mol. The van der Waals surface area contributed by atoms with Gasteiger partial charge in [-0.2, -0.15) is 10.5 Å². The maximum Gasteiger partial charge on any atom is 0.137 e. The van der Waals surface area contributed by atoms with Gasteiger partial charge in [-0.15, -0.1) is 0 Å². The molecule has 0 aliphatic carbocycles. The molecule has 0 amide bonds. The van der Waals surface area contributed by atoms with Crippen LogP contribution < -0.4 is 0 Å². The first-order chi connectivity index (χ1) is 7.33. The summed E-state index contributed by atoms with van der Waals surface area (Å²) in [5.41, 5.74) is 1.46. The van der Waals surface area contributed by atoms with E-state index in [4.69, 9.17) is 10.5 Å². The average Bonchev–Trinajstić information content (AvgIpc) is 2.68. The molecule has 0 atom stereocenters. The van der Waals surface area contributed by atoms with Crippen LogP contribution in [0, 0.1) is 22.7 Å². The van der Waals surface area contributed by atoms with Gasteiger partial charge in [0.25, 0.3) is 0 Å². The van der Waals surface area contributed by atoms with Gasteiger partial charge in [-0.3, -0.25) is 0 Å². The van der Waals surface area contributed by atoms with Crippen molar-refractivity contribution in [2.24, 2.45) is 0 Å². The third-order valence-corrected chi connectivity index (χ3v) is 1.92. The first-order valence-electron chi connectivity index (χ1n) is 4.29. The number of aromatic nitrogens is 2. The number of rotatable bonds is 1. The molecule has 0 fully saturated rings. The summed E-state index contributed by atoms with van der Waals surface area (Å²) in [6, 6.07) is 9.21. The fourth-order valence-electron chi connectivity index (χ4n) is 1.26. The third kappa shape index (κ3) is 1.70. The first kappa shape index (κ1) is 8.98. The topological polar surface area (TPSA) is 64.9 Å². The zero-order valence-corrected chi connectivity index (χ0v) is 7.75. The zero-order valence-electron chi connectivity index (χ0n) is 7.75. The lowest BCUT2D eigenvalue weighted by Gasteiger charge is -1.86. The van der Waals surface area contributed by atoms with Crippen molar-refractivity contribution in [1.82, 2.24) is 9.38 Å². The molecule has 70 valence electrons. The smallest absolute Gasteiger partial charge is 0.137 e. The Morgan fingerprint density at radius 1 is 1.33 bits per heavy atom. The molecule has 0 spiro atoms. The Hall–Kier alpha value is -2.59. The fraction of sp³-hybridized carbons (Fsp3) is 0. The molecule has 0 radical (unpaired) electrons. The van der Waals surface area contributed by atoms with Crippen molar-refractivity contribution in [3.8, 4) is 12.1 Å². The van der Waals surface area contributed by atoms with E-state index in [-0.39, 0.29) is 5.57 Å². The minimum atomic E-state index is 0.0541. The van der Waals surface area contributed by atoms with Gasteiger partial charge in [0.05, 0.1) is 5.69 Å². The SMILES string of the molecule is N#CC(C#N)=Cc1cn2ccccc2n1. The first-order valence-corrected chi connectivity index (χ1v) is 4.29. The van der Waals surface area contributed by atoms with Crippen LogP contribution in [-0.4, -0.2) is 9.38 Å². The highest BCUT2D eigenvalue weighted by Gasteiger charge is 1.99. The summed E-state index contributed by atoms with van der Waals surface area (Å²) in [5.74, 6) is 0. The fourth-order valence-corrected chi connectivity index (χ4v) is 1.26. The van der Waals surface area contributed by atoms with Crippen molar-refractivity contribution in [1.29, 1.82) is 10.5 Å². The van der Waals surface area contributed by atoms with Crippen LogP contribution >= 0.6 is 0 Å². The van der Waals surface area contributed by atoms with Crippen molar-refractivity contribution in [3.63, 3.8) is 0 Å². The highest BCUT2D eigenvalue weighted by atomic mass is 15.0. The Bertz CT molecular complexity index is 558. The van der Waals surface area contributed by atoms with Crippen LogP contribution in [0.2, 0.25) is 0 Å². The van der Waals surface area contributed by atoms with Crippen LogP contribution in [0.4, 0.5) is 0 Å². The summed E-state index contributed by atoms with van der Waals surface area (Å²) < 4.78 is 1.83.